The topological polar surface area (TPSA) is 73.1 Å². The Morgan fingerprint density at radius 2 is 1.93 bits per heavy atom. The second-order valence-electron chi connectivity index (χ2n) is 7.55. The van der Waals surface area contributed by atoms with Crippen LogP contribution in [0.2, 0.25) is 0 Å². The molecule has 1 N–H and O–H groups in total. The van der Waals surface area contributed by atoms with Gasteiger partial charge in [0.25, 0.3) is 5.91 Å². The van der Waals surface area contributed by atoms with Crippen molar-refractivity contribution in [2.24, 2.45) is 0 Å². The Bertz CT molecular complexity index is 795. The predicted molar refractivity (Wildman–Crippen MR) is 112 cm³/mol. The van der Waals surface area contributed by atoms with Crippen molar-refractivity contribution in [3.63, 3.8) is 0 Å². The number of carbonyl (C=O) groups excluding carboxylic acids is 1. The zero-order chi connectivity index (χ0) is 20.6. The van der Waals surface area contributed by atoms with Gasteiger partial charge in [-0.25, -0.2) is 4.98 Å². The molecule has 7 nitrogen and oxygen atoms in total. The lowest BCUT2D eigenvalue weighted by Crippen LogP contribution is -2.45. The van der Waals surface area contributed by atoms with E-state index in [1.54, 1.807) is 14.0 Å². The van der Waals surface area contributed by atoms with Crippen molar-refractivity contribution in [1.82, 2.24) is 19.7 Å². The number of aliphatic hydroxyl groups is 1. The summed E-state index contributed by atoms with van der Waals surface area (Å²) in [5, 5.41) is 9.42. The molecule has 2 heterocycles. The zero-order valence-corrected chi connectivity index (χ0v) is 17.2. The lowest BCUT2D eigenvalue weighted by atomic mass is 10.2. The van der Waals surface area contributed by atoms with Crippen molar-refractivity contribution in [3.05, 3.63) is 59.8 Å². The summed E-state index contributed by atoms with van der Waals surface area (Å²) < 4.78 is 5.50. The Labute approximate surface area is 172 Å². The number of piperazine rings is 1. The third-order valence-corrected chi connectivity index (χ3v) is 4.95. The molecule has 156 valence electrons. The van der Waals surface area contributed by atoms with Crippen molar-refractivity contribution in [2.75, 3.05) is 46.3 Å². The van der Waals surface area contributed by atoms with E-state index in [1.807, 2.05) is 18.2 Å². The summed E-state index contributed by atoms with van der Waals surface area (Å²) in [6.07, 6.45) is 5.20. The van der Waals surface area contributed by atoms with E-state index in [0.29, 0.717) is 12.4 Å². The van der Waals surface area contributed by atoms with Crippen LogP contribution >= 0.6 is 0 Å². The largest absolute Gasteiger partial charge is 0.447 e. The van der Waals surface area contributed by atoms with E-state index < -0.39 is 6.10 Å². The van der Waals surface area contributed by atoms with E-state index in [-0.39, 0.29) is 18.1 Å². The number of benzene rings is 1. The van der Waals surface area contributed by atoms with E-state index in [1.165, 1.54) is 16.7 Å². The highest BCUT2D eigenvalue weighted by Crippen LogP contribution is 2.11. The number of likely N-dealkylation sites (N-methyl/N-ethyl adjacent to an activating group) is 1. The van der Waals surface area contributed by atoms with Crippen LogP contribution in [0.3, 0.4) is 0 Å². The molecule has 0 radical (unpaired) electrons. The Kier molecular flexibility index (Phi) is 7.57. The maximum Gasteiger partial charge on any atom is 0.275 e. The fraction of sp³-hybridized carbons (Fsp3) is 0.455. The molecular weight excluding hydrogens is 368 g/mol. The van der Waals surface area contributed by atoms with Crippen molar-refractivity contribution in [3.8, 4) is 0 Å². The first-order valence-electron chi connectivity index (χ1n) is 10.1. The normalized spacial score (nSPS) is 16.9. The quantitative estimate of drug-likeness (QED) is 0.733. The van der Waals surface area contributed by atoms with Gasteiger partial charge in [0, 0.05) is 46.3 Å². The molecule has 29 heavy (non-hydrogen) atoms. The number of oxazole rings is 1. The molecule has 1 aromatic heterocycles. The third-order valence-electron chi connectivity index (χ3n) is 4.95. The molecule has 1 aliphatic heterocycles. The second-order valence-corrected chi connectivity index (χ2v) is 7.55. The molecule has 0 unspecified atom stereocenters. The zero-order valence-electron chi connectivity index (χ0n) is 17.2. The SMILES string of the molecule is C[C@H](O)CN(C)C(=O)c1coc(CN2CCN(C/C=C/c3ccccc3)CC2)n1. The van der Waals surface area contributed by atoms with Gasteiger partial charge in [-0.15, -0.1) is 0 Å². The van der Waals surface area contributed by atoms with E-state index in [0.717, 1.165) is 32.7 Å². The van der Waals surface area contributed by atoms with Crippen molar-refractivity contribution in [1.29, 1.82) is 0 Å². The first-order chi connectivity index (χ1) is 14.0. The first kappa shape index (κ1) is 21.2. The number of hydrogen-bond donors (Lipinski definition) is 1. The van der Waals surface area contributed by atoms with Crippen LogP contribution in [0, 0.1) is 0 Å². The number of rotatable bonds is 8. The smallest absolute Gasteiger partial charge is 0.275 e. The van der Waals surface area contributed by atoms with E-state index >= 15 is 0 Å². The number of amides is 1. The number of aromatic nitrogens is 1. The maximum atomic E-state index is 12.3. The van der Waals surface area contributed by atoms with Crippen LogP contribution in [0.5, 0.6) is 0 Å². The lowest BCUT2D eigenvalue weighted by molar-refractivity contribution is 0.0698. The van der Waals surface area contributed by atoms with Crippen molar-refractivity contribution >= 4 is 12.0 Å². The Balaban J connectivity index is 1.42. The van der Waals surface area contributed by atoms with Crippen LogP contribution in [0.25, 0.3) is 6.08 Å². The van der Waals surface area contributed by atoms with Crippen LogP contribution in [0.15, 0.2) is 47.1 Å². The molecule has 1 fully saturated rings. The molecule has 3 rings (SSSR count). The van der Waals surface area contributed by atoms with Crippen LogP contribution in [0.1, 0.15) is 28.9 Å². The fourth-order valence-corrected chi connectivity index (χ4v) is 3.38. The van der Waals surface area contributed by atoms with Gasteiger partial charge in [0.05, 0.1) is 12.6 Å². The summed E-state index contributed by atoms with van der Waals surface area (Å²) in [6.45, 7) is 7.30. The van der Waals surface area contributed by atoms with Crippen LogP contribution in [-0.2, 0) is 6.54 Å². The molecule has 0 aliphatic carbocycles. The average molecular weight is 399 g/mol. The van der Waals surface area contributed by atoms with E-state index in [9.17, 15) is 9.90 Å². The van der Waals surface area contributed by atoms with Gasteiger partial charge in [-0.1, -0.05) is 42.5 Å². The third kappa shape index (κ3) is 6.52. The molecule has 1 aliphatic rings. The molecule has 2 aromatic rings. The molecule has 1 atom stereocenters. The van der Waals surface area contributed by atoms with Crippen LogP contribution in [0.4, 0.5) is 0 Å². The highest BCUT2D eigenvalue weighted by molar-refractivity contribution is 5.91. The molecule has 0 spiro atoms. The van der Waals surface area contributed by atoms with Crippen LogP contribution < -0.4 is 0 Å². The second kappa shape index (κ2) is 10.3. The number of carbonyl (C=O) groups is 1. The summed E-state index contributed by atoms with van der Waals surface area (Å²) in [7, 11) is 1.65. The number of aliphatic hydroxyl groups excluding tert-OH is 1. The molecule has 1 saturated heterocycles. The summed E-state index contributed by atoms with van der Waals surface area (Å²) in [5.41, 5.74) is 1.51. The summed E-state index contributed by atoms with van der Waals surface area (Å²) >= 11 is 0. The molecule has 0 bridgehead atoms. The van der Waals surface area contributed by atoms with Crippen LogP contribution in [-0.4, -0.2) is 83.1 Å². The van der Waals surface area contributed by atoms with E-state index in [4.69, 9.17) is 4.42 Å². The van der Waals surface area contributed by atoms with Crippen molar-refractivity contribution in [2.45, 2.75) is 19.6 Å². The molecule has 1 aromatic carbocycles. The number of nitrogens with zero attached hydrogens (tertiary/aromatic N) is 4. The minimum atomic E-state index is -0.575. The van der Waals surface area contributed by atoms with Gasteiger partial charge in [-0.05, 0) is 12.5 Å². The summed E-state index contributed by atoms with van der Waals surface area (Å²) in [6, 6.07) is 10.3. The Hall–Kier alpha value is -2.48. The summed E-state index contributed by atoms with van der Waals surface area (Å²) in [5.74, 6) is 0.312. The van der Waals surface area contributed by atoms with Gasteiger partial charge >= 0.3 is 0 Å². The Morgan fingerprint density at radius 1 is 1.24 bits per heavy atom. The summed E-state index contributed by atoms with van der Waals surface area (Å²) in [4.78, 5) is 22.8. The van der Waals surface area contributed by atoms with Gasteiger partial charge in [0.1, 0.15) is 6.26 Å². The van der Waals surface area contributed by atoms with E-state index in [2.05, 4.69) is 39.1 Å². The Morgan fingerprint density at radius 3 is 2.62 bits per heavy atom. The van der Waals surface area contributed by atoms with Gasteiger partial charge in [-0.2, -0.15) is 0 Å². The first-order valence-corrected chi connectivity index (χ1v) is 10.1. The lowest BCUT2D eigenvalue weighted by Gasteiger charge is -2.33. The fourth-order valence-electron chi connectivity index (χ4n) is 3.38. The molecule has 1 amide bonds. The van der Waals surface area contributed by atoms with Gasteiger partial charge < -0.3 is 14.4 Å². The predicted octanol–water partition coefficient (Wildman–Crippen LogP) is 1.96. The highest BCUT2D eigenvalue weighted by atomic mass is 16.3. The average Bonchev–Trinajstić information content (AvgIpc) is 3.17. The van der Waals surface area contributed by atoms with Gasteiger partial charge in [0.15, 0.2) is 5.69 Å². The minimum Gasteiger partial charge on any atom is -0.447 e. The minimum absolute atomic E-state index is 0.240. The molecule has 7 heteroatoms. The highest BCUT2D eigenvalue weighted by Gasteiger charge is 2.21. The maximum absolute atomic E-state index is 12.3. The monoisotopic (exact) mass is 398 g/mol. The molecule has 0 saturated carbocycles. The standard InChI is InChI=1S/C22H30N4O3/c1-18(27)15-24(2)22(28)20-17-29-21(23-20)16-26-13-11-25(12-14-26)10-6-9-19-7-4-3-5-8-19/h3-9,17-18,27H,10-16H2,1-2H3/b9-6+/t18-/m0/s1. The number of hydrogen-bond acceptors (Lipinski definition) is 6. The van der Waals surface area contributed by atoms with Crippen molar-refractivity contribution < 1.29 is 14.3 Å². The molecular formula is C22H30N4O3. The van der Waals surface area contributed by atoms with Gasteiger partial charge in [0.2, 0.25) is 5.89 Å². The van der Waals surface area contributed by atoms with Gasteiger partial charge in [-0.3, -0.25) is 14.6 Å².